The molecule has 180 valence electrons. The first-order valence-corrected chi connectivity index (χ1v) is 11.7. The van der Waals surface area contributed by atoms with Crippen LogP contribution < -0.4 is 19.7 Å². The molecule has 1 aliphatic rings. The van der Waals surface area contributed by atoms with Crippen LogP contribution in [0, 0.1) is 0 Å². The molecular formula is C26H24ClN3O4S. The van der Waals surface area contributed by atoms with Crippen LogP contribution in [0.3, 0.4) is 0 Å². The van der Waals surface area contributed by atoms with Gasteiger partial charge in [-0.15, -0.1) is 0 Å². The number of rotatable bonds is 8. The largest absolute Gasteiger partial charge is 0.493 e. The Kier molecular flexibility index (Phi) is 7.53. The summed E-state index contributed by atoms with van der Waals surface area (Å²) in [5.41, 5.74) is 2.06. The van der Waals surface area contributed by atoms with E-state index in [1.165, 1.54) is 4.90 Å². The van der Waals surface area contributed by atoms with Gasteiger partial charge in [0.25, 0.3) is 5.91 Å². The predicted octanol–water partition coefficient (Wildman–Crippen LogP) is 4.89. The number of amides is 2. The Labute approximate surface area is 214 Å². The van der Waals surface area contributed by atoms with E-state index in [9.17, 15) is 9.59 Å². The SMILES string of the molecule is COc1ccc(CN2C(=S)N(c3ccccc3)C(=O)[C@H]2CC(=O)Nc2cccc(Cl)c2)cc1OC. The fourth-order valence-electron chi connectivity index (χ4n) is 3.96. The minimum Gasteiger partial charge on any atom is -0.493 e. The summed E-state index contributed by atoms with van der Waals surface area (Å²) in [5.74, 6) is 0.583. The molecule has 1 saturated heterocycles. The smallest absolute Gasteiger partial charge is 0.256 e. The van der Waals surface area contributed by atoms with Gasteiger partial charge in [-0.2, -0.15) is 0 Å². The summed E-state index contributed by atoms with van der Waals surface area (Å²) in [6, 6.07) is 20.7. The van der Waals surface area contributed by atoms with Crippen LogP contribution in [0.1, 0.15) is 12.0 Å². The molecule has 2 amide bonds. The average Bonchev–Trinajstić information content (AvgIpc) is 3.08. The highest BCUT2D eigenvalue weighted by atomic mass is 35.5. The van der Waals surface area contributed by atoms with Crippen molar-refractivity contribution >= 4 is 52.1 Å². The number of para-hydroxylation sites is 1. The highest BCUT2D eigenvalue weighted by Gasteiger charge is 2.44. The zero-order valence-corrected chi connectivity index (χ0v) is 20.8. The molecule has 1 atom stereocenters. The van der Waals surface area contributed by atoms with Gasteiger partial charge < -0.3 is 19.7 Å². The third-order valence-corrected chi connectivity index (χ3v) is 6.27. The van der Waals surface area contributed by atoms with Crippen molar-refractivity contribution in [3.8, 4) is 11.5 Å². The second kappa shape index (κ2) is 10.8. The van der Waals surface area contributed by atoms with Crippen molar-refractivity contribution < 1.29 is 19.1 Å². The number of halogens is 1. The molecule has 0 aliphatic carbocycles. The Bertz CT molecular complexity index is 1250. The van der Waals surface area contributed by atoms with E-state index in [0.717, 1.165) is 5.56 Å². The normalized spacial score (nSPS) is 15.3. The molecule has 1 heterocycles. The Morgan fingerprint density at radius 2 is 1.74 bits per heavy atom. The zero-order chi connectivity index (χ0) is 24.9. The fraction of sp³-hybridized carbons (Fsp3) is 0.192. The minimum absolute atomic E-state index is 0.0812. The van der Waals surface area contributed by atoms with E-state index in [-0.39, 0.29) is 18.2 Å². The summed E-state index contributed by atoms with van der Waals surface area (Å²) in [5, 5.41) is 3.65. The number of hydrogen-bond acceptors (Lipinski definition) is 5. The minimum atomic E-state index is -0.782. The summed E-state index contributed by atoms with van der Waals surface area (Å²) in [6.07, 6.45) is -0.0812. The fourth-order valence-corrected chi connectivity index (χ4v) is 4.54. The lowest BCUT2D eigenvalue weighted by Crippen LogP contribution is -2.37. The molecule has 35 heavy (non-hydrogen) atoms. The maximum atomic E-state index is 13.5. The van der Waals surface area contributed by atoms with Crippen LogP contribution in [0.2, 0.25) is 5.02 Å². The monoisotopic (exact) mass is 509 g/mol. The van der Waals surface area contributed by atoms with Gasteiger partial charge in [-0.05, 0) is 60.2 Å². The number of nitrogens with zero attached hydrogens (tertiary/aromatic N) is 2. The van der Waals surface area contributed by atoms with Gasteiger partial charge in [0.2, 0.25) is 5.91 Å². The molecule has 0 bridgehead atoms. The molecule has 4 rings (SSSR count). The summed E-state index contributed by atoms with van der Waals surface area (Å²) in [7, 11) is 3.13. The van der Waals surface area contributed by atoms with Gasteiger partial charge in [-0.1, -0.05) is 41.9 Å². The number of thiocarbonyl (C=S) groups is 1. The first kappa shape index (κ1) is 24.5. The summed E-state index contributed by atoms with van der Waals surface area (Å²) in [6.45, 7) is 0.309. The quantitative estimate of drug-likeness (QED) is 0.436. The summed E-state index contributed by atoms with van der Waals surface area (Å²) >= 11 is 11.8. The second-order valence-electron chi connectivity index (χ2n) is 7.89. The molecule has 7 nitrogen and oxygen atoms in total. The van der Waals surface area contributed by atoms with E-state index < -0.39 is 6.04 Å². The van der Waals surface area contributed by atoms with Crippen LogP contribution in [0.5, 0.6) is 11.5 Å². The maximum absolute atomic E-state index is 13.5. The van der Waals surface area contributed by atoms with Crippen molar-refractivity contribution in [2.45, 2.75) is 19.0 Å². The van der Waals surface area contributed by atoms with E-state index >= 15 is 0 Å². The van der Waals surface area contributed by atoms with Gasteiger partial charge in [0.15, 0.2) is 16.6 Å². The Hall–Kier alpha value is -3.62. The summed E-state index contributed by atoms with van der Waals surface area (Å²) in [4.78, 5) is 29.7. The van der Waals surface area contributed by atoms with Crippen LogP contribution in [0.15, 0.2) is 72.8 Å². The third-order valence-electron chi connectivity index (χ3n) is 5.62. The Balaban J connectivity index is 1.62. The number of anilines is 2. The van der Waals surface area contributed by atoms with E-state index in [4.69, 9.17) is 33.3 Å². The maximum Gasteiger partial charge on any atom is 0.256 e. The van der Waals surface area contributed by atoms with Crippen LogP contribution in [-0.4, -0.2) is 42.1 Å². The molecule has 1 N–H and O–H groups in total. The Morgan fingerprint density at radius 1 is 1.00 bits per heavy atom. The molecule has 1 aliphatic heterocycles. The van der Waals surface area contributed by atoms with Crippen LogP contribution in [0.25, 0.3) is 0 Å². The summed E-state index contributed by atoms with van der Waals surface area (Å²) < 4.78 is 10.7. The van der Waals surface area contributed by atoms with E-state index in [0.29, 0.717) is 39.6 Å². The zero-order valence-electron chi connectivity index (χ0n) is 19.2. The lowest BCUT2D eigenvalue weighted by molar-refractivity contribution is -0.124. The van der Waals surface area contributed by atoms with Gasteiger partial charge in [0.1, 0.15) is 6.04 Å². The van der Waals surface area contributed by atoms with Gasteiger partial charge in [-0.3, -0.25) is 14.5 Å². The molecule has 1 fully saturated rings. The number of carbonyl (C=O) groups excluding carboxylic acids is 2. The van der Waals surface area contributed by atoms with E-state index in [1.54, 1.807) is 49.5 Å². The number of carbonyl (C=O) groups is 2. The van der Waals surface area contributed by atoms with E-state index in [1.807, 2.05) is 42.5 Å². The number of methoxy groups -OCH3 is 2. The first-order chi connectivity index (χ1) is 16.9. The predicted molar refractivity (Wildman–Crippen MR) is 140 cm³/mol. The van der Waals surface area contributed by atoms with Crippen molar-refractivity contribution in [2.75, 3.05) is 24.4 Å². The first-order valence-electron chi connectivity index (χ1n) is 10.9. The van der Waals surface area contributed by atoms with Crippen molar-refractivity contribution in [3.63, 3.8) is 0 Å². The molecule has 9 heteroatoms. The molecule has 0 unspecified atom stereocenters. The standard InChI is InChI=1S/C26H24ClN3O4S/c1-33-22-12-11-17(13-23(22)34-2)16-29-21(15-24(31)28-19-8-6-7-18(27)14-19)25(32)30(26(29)35)20-9-4-3-5-10-20/h3-14,21H,15-16H2,1-2H3,(H,28,31)/t21-/m1/s1. The average molecular weight is 510 g/mol. The lowest BCUT2D eigenvalue weighted by Gasteiger charge is -2.24. The molecule has 0 aromatic heterocycles. The topological polar surface area (TPSA) is 71.1 Å². The number of nitrogens with one attached hydrogen (secondary N) is 1. The van der Waals surface area contributed by atoms with Crippen molar-refractivity contribution in [1.82, 2.24) is 4.90 Å². The molecule has 3 aromatic carbocycles. The van der Waals surface area contributed by atoms with Crippen LogP contribution in [0.4, 0.5) is 11.4 Å². The number of hydrogen-bond donors (Lipinski definition) is 1. The highest BCUT2D eigenvalue weighted by molar-refractivity contribution is 7.80. The molecule has 0 radical (unpaired) electrons. The number of benzene rings is 3. The van der Waals surface area contributed by atoms with Crippen LogP contribution >= 0.6 is 23.8 Å². The molecule has 0 spiro atoms. The van der Waals surface area contributed by atoms with E-state index in [2.05, 4.69) is 5.32 Å². The molecular weight excluding hydrogens is 486 g/mol. The molecule has 0 saturated carbocycles. The van der Waals surface area contributed by atoms with Crippen molar-refractivity contribution in [1.29, 1.82) is 0 Å². The van der Waals surface area contributed by atoms with Crippen LogP contribution in [-0.2, 0) is 16.1 Å². The van der Waals surface area contributed by atoms with Gasteiger partial charge >= 0.3 is 0 Å². The number of ether oxygens (including phenoxy) is 2. The molecule has 3 aromatic rings. The second-order valence-corrected chi connectivity index (χ2v) is 8.69. The highest BCUT2D eigenvalue weighted by Crippen LogP contribution is 2.32. The van der Waals surface area contributed by atoms with Gasteiger partial charge in [0, 0.05) is 17.3 Å². The van der Waals surface area contributed by atoms with Crippen molar-refractivity contribution in [2.24, 2.45) is 0 Å². The van der Waals surface area contributed by atoms with Gasteiger partial charge in [-0.25, -0.2) is 0 Å². The van der Waals surface area contributed by atoms with Crippen molar-refractivity contribution in [3.05, 3.63) is 83.4 Å². The van der Waals surface area contributed by atoms with Gasteiger partial charge in [0.05, 0.1) is 26.3 Å². The Morgan fingerprint density at radius 3 is 2.43 bits per heavy atom. The lowest BCUT2D eigenvalue weighted by atomic mass is 10.1. The third kappa shape index (κ3) is 5.39.